The fraction of sp³-hybridized carbons (Fsp3) is 0.296. The maximum atomic E-state index is 12.8. The van der Waals surface area contributed by atoms with Crippen LogP contribution in [0.25, 0.3) is 21.8 Å². The van der Waals surface area contributed by atoms with Crippen molar-refractivity contribution in [3.8, 4) is 0 Å². The van der Waals surface area contributed by atoms with Crippen molar-refractivity contribution in [1.29, 1.82) is 0 Å². The molecule has 0 bridgehead atoms. The van der Waals surface area contributed by atoms with Gasteiger partial charge in [0.05, 0.1) is 6.04 Å². The van der Waals surface area contributed by atoms with E-state index < -0.39 is 17.7 Å². The zero-order valence-electron chi connectivity index (χ0n) is 20.2. The van der Waals surface area contributed by atoms with Crippen molar-refractivity contribution >= 4 is 27.9 Å². The second kappa shape index (κ2) is 9.29. The van der Waals surface area contributed by atoms with E-state index >= 15 is 0 Å². The predicted molar refractivity (Wildman–Crippen MR) is 136 cm³/mol. The summed E-state index contributed by atoms with van der Waals surface area (Å²) >= 11 is 0. The Balaban J connectivity index is 1.41. The lowest BCUT2D eigenvalue weighted by atomic mass is 10.0. The van der Waals surface area contributed by atoms with Crippen molar-refractivity contribution < 1.29 is 9.53 Å². The van der Waals surface area contributed by atoms with Gasteiger partial charge in [0, 0.05) is 47.2 Å². The molecule has 0 saturated heterocycles. The number of H-pyrrole nitrogens is 2. The first kappa shape index (κ1) is 22.7. The minimum atomic E-state index is -0.599. The van der Waals surface area contributed by atoms with Crippen LogP contribution in [-0.4, -0.2) is 36.4 Å². The Hall–Kier alpha value is -4.07. The third-order valence-corrected chi connectivity index (χ3v) is 6.04. The standard InChI is InChI=1S/C27H30N6O2/c1-27(2,3)35-26(34)31-24(14-19-16-29-23-11-7-5-9-21(19)23)25-32-30-17-33(25)13-12-18-15-28-22-10-6-4-8-20(18)22/h4-11,15-17,24,28-29H,12-14H2,1-3H3,(H,31,34)/t24-/m1/s1. The van der Waals surface area contributed by atoms with Crippen molar-refractivity contribution in [2.24, 2.45) is 0 Å². The van der Waals surface area contributed by atoms with Crippen LogP contribution in [0.5, 0.6) is 0 Å². The monoisotopic (exact) mass is 470 g/mol. The van der Waals surface area contributed by atoms with Crippen molar-refractivity contribution in [2.45, 2.75) is 51.8 Å². The largest absolute Gasteiger partial charge is 0.444 e. The second-order valence-electron chi connectivity index (χ2n) is 9.75. The number of carbonyl (C=O) groups is 1. The van der Waals surface area contributed by atoms with E-state index in [1.165, 1.54) is 10.9 Å². The van der Waals surface area contributed by atoms with Gasteiger partial charge in [-0.3, -0.25) is 0 Å². The summed E-state index contributed by atoms with van der Waals surface area (Å²) in [5, 5.41) is 14.0. The number of alkyl carbamates (subject to hydrolysis) is 1. The molecule has 3 aromatic heterocycles. The zero-order valence-corrected chi connectivity index (χ0v) is 20.2. The van der Waals surface area contributed by atoms with Crippen molar-refractivity contribution in [1.82, 2.24) is 30.0 Å². The molecular weight excluding hydrogens is 440 g/mol. The number of para-hydroxylation sites is 2. The van der Waals surface area contributed by atoms with E-state index in [0.29, 0.717) is 18.8 Å². The van der Waals surface area contributed by atoms with Gasteiger partial charge in [0.25, 0.3) is 0 Å². The van der Waals surface area contributed by atoms with Gasteiger partial charge in [0.15, 0.2) is 5.82 Å². The Bertz CT molecular complexity index is 1460. The molecule has 2 aromatic carbocycles. The van der Waals surface area contributed by atoms with Gasteiger partial charge >= 0.3 is 6.09 Å². The van der Waals surface area contributed by atoms with Crippen molar-refractivity contribution in [3.63, 3.8) is 0 Å². The van der Waals surface area contributed by atoms with Crippen LogP contribution < -0.4 is 5.32 Å². The number of aromatic amines is 2. The first-order valence-corrected chi connectivity index (χ1v) is 11.8. The third-order valence-electron chi connectivity index (χ3n) is 6.04. The number of aryl methyl sites for hydroxylation is 2. The Morgan fingerprint density at radius 1 is 1.00 bits per heavy atom. The minimum absolute atomic E-state index is 0.408. The summed E-state index contributed by atoms with van der Waals surface area (Å²) in [4.78, 5) is 19.4. The molecule has 0 unspecified atom stereocenters. The molecule has 0 aliphatic carbocycles. The quantitative estimate of drug-likeness (QED) is 0.301. The minimum Gasteiger partial charge on any atom is -0.444 e. The van der Waals surface area contributed by atoms with Gasteiger partial charge in [-0.1, -0.05) is 36.4 Å². The highest BCUT2D eigenvalue weighted by molar-refractivity contribution is 5.83. The molecule has 0 aliphatic rings. The highest BCUT2D eigenvalue weighted by Crippen LogP contribution is 2.25. The van der Waals surface area contributed by atoms with E-state index in [9.17, 15) is 4.79 Å². The van der Waals surface area contributed by atoms with Gasteiger partial charge in [-0.2, -0.15) is 0 Å². The van der Waals surface area contributed by atoms with E-state index in [4.69, 9.17) is 4.74 Å². The smallest absolute Gasteiger partial charge is 0.408 e. The number of ether oxygens (including phenoxy) is 1. The number of hydrogen-bond donors (Lipinski definition) is 3. The SMILES string of the molecule is CC(C)(C)OC(=O)N[C@H](Cc1c[nH]c2ccccc12)c1nncn1CCc1c[nH]c2ccccc12. The number of nitrogens with one attached hydrogen (secondary N) is 3. The Morgan fingerprint density at radius 2 is 1.63 bits per heavy atom. The molecule has 0 spiro atoms. The lowest BCUT2D eigenvalue weighted by Crippen LogP contribution is -2.37. The molecule has 180 valence electrons. The Morgan fingerprint density at radius 3 is 2.31 bits per heavy atom. The molecule has 8 heteroatoms. The number of aromatic nitrogens is 5. The van der Waals surface area contributed by atoms with Crippen LogP contribution in [-0.2, 0) is 24.1 Å². The molecular formula is C27H30N6O2. The van der Waals surface area contributed by atoms with Gasteiger partial charge in [-0.25, -0.2) is 4.79 Å². The molecule has 8 nitrogen and oxygen atoms in total. The lowest BCUT2D eigenvalue weighted by molar-refractivity contribution is 0.0500. The summed E-state index contributed by atoms with van der Waals surface area (Å²) in [5.41, 5.74) is 3.90. The summed E-state index contributed by atoms with van der Waals surface area (Å²) in [6.45, 7) is 6.24. The second-order valence-corrected chi connectivity index (χ2v) is 9.75. The summed E-state index contributed by atoms with van der Waals surface area (Å²) in [6, 6.07) is 16.0. The molecule has 5 aromatic rings. The van der Waals surface area contributed by atoms with E-state index in [1.54, 1.807) is 6.33 Å². The van der Waals surface area contributed by atoms with E-state index in [0.717, 1.165) is 28.4 Å². The van der Waals surface area contributed by atoms with Crippen LogP contribution in [0.15, 0.2) is 67.3 Å². The van der Waals surface area contributed by atoms with Crippen LogP contribution in [0.1, 0.15) is 43.8 Å². The van der Waals surface area contributed by atoms with Crippen molar-refractivity contribution in [3.05, 3.63) is 84.2 Å². The number of carbonyl (C=O) groups excluding carboxylic acids is 1. The number of fused-ring (bicyclic) bond motifs is 2. The molecule has 35 heavy (non-hydrogen) atoms. The first-order valence-electron chi connectivity index (χ1n) is 11.8. The van der Waals surface area contributed by atoms with Crippen LogP contribution in [0.2, 0.25) is 0 Å². The average molecular weight is 471 g/mol. The van der Waals surface area contributed by atoms with E-state index in [2.05, 4.69) is 49.9 Å². The fourth-order valence-electron chi connectivity index (χ4n) is 4.46. The number of hydrogen-bond acceptors (Lipinski definition) is 4. The summed E-state index contributed by atoms with van der Waals surface area (Å²) in [5.74, 6) is 0.695. The van der Waals surface area contributed by atoms with Crippen LogP contribution >= 0.6 is 0 Å². The van der Waals surface area contributed by atoms with E-state index in [1.807, 2.05) is 61.9 Å². The number of nitrogens with zero attached hydrogens (tertiary/aromatic N) is 3. The molecule has 0 fully saturated rings. The molecule has 0 aliphatic heterocycles. The summed E-state index contributed by atoms with van der Waals surface area (Å²) < 4.78 is 7.57. The molecule has 3 N–H and O–H groups in total. The molecule has 0 saturated carbocycles. The Labute approximate surface area is 203 Å². The highest BCUT2D eigenvalue weighted by Gasteiger charge is 2.25. The summed E-state index contributed by atoms with van der Waals surface area (Å²) in [7, 11) is 0. The summed E-state index contributed by atoms with van der Waals surface area (Å²) in [6.07, 6.45) is 6.64. The third kappa shape index (κ3) is 5.06. The average Bonchev–Trinajstić information content (AvgIpc) is 3.55. The van der Waals surface area contributed by atoms with Gasteiger partial charge in [-0.05, 0) is 50.5 Å². The Kier molecular flexibility index (Phi) is 6.03. The predicted octanol–water partition coefficient (Wildman–Crippen LogP) is 5.29. The van der Waals surface area contributed by atoms with Gasteiger partial charge in [-0.15, -0.1) is 10.2 Å². The molecule has 3 heterocycles. The molecule has 1 atom stereocenters. The van der Waals surface area contributed by atoms with Crippen LogP contribution in [0.3, 0.4) is 0 Å². The normalized spacial score (nSPS) is 12.8. The van der Waals surface area contributed by atoms with Crippen LogP contribution in [0, 0.1) is 0 Å². The molecule has 1 amide bonds. The molecule has 0 radical (unpaired) electrons. The number of rotatable bonds is 7. The van der Waals surface area contributed by atoms with Crippen LogP contribution in [0.4, 0.5) is 4.79 Å². The fourth-order valence-corrected chi connectivity index (χ4v) is 4.46. The van der Waals surface area contributed by atoms with Gasteiger partial charge in [0.1, 0.15) is 11.9 Å². The highest BCUT2D eigenvalue weighted by atomic mass is 16.6. The number of benzene rings is 2. The van der Waals surface area contributed by atoms with Gasteiger partial charge in [0.2, 0.25) is 0 Å². The first-order chi connectivity index (χ1) is 16.9. The molecule has 5 rings (SSSR count). The lowest BCUT2D eigenvalue weighted by Gasteiger charge is -2.23. The van der Waals surface area contributed by atoms with Gasteiger partial charge < -0.3 is 24.6 Å². The maximum absolute atomic E-state index is 12.8. The topological polar surface area (TPSA) is 101 Å². The van der Waals surface area contributed by atoms with Crippen molar-refractivity contribution in [2.75, 3.05) is 0 Å². The van der Waals surface area contributed by atoms with E-state index in [-0.39, 0.29) is 0 Å². The zero-order chi connectivity index (χ0) is 24.4. The maximum Gasteiger partial charge on any atom is 0.408 e. The number of amides is 1.